The second-order valence-corrected chi connectivity index (χ2v) is 8.31. The first-order chi connectivity index (χ1) is 12.2. The van der Waals surface area contributed by atoms with Gasteiger partial charge in [0.25, 0.3) is 0 Å². The van der Waals surface area contributed by atoms with Crippen LogP contribution in [0.5, 0.6) is 0 Å². The average Bonchev–Trinajstić information content (AvgIpc) is 2.99. The lowest BCUT2D eigenvalue weighted by atomic mass is 9.72. The molecule has 9 atom stereocenters. The van der Waals surface area contributed by atoms with Crippen molar-refractivity contribution in [3.8, 4) is 0 Å². The highest BCUT2D eigenvalue weighted by molar-refractivity contribution is 5.92. The fraction of sp³-hybridized carbons (Fsp3) is 0.789. The van der Waals surface area contributed by atoms with Crippen LogP contribution in [0.3, 0.4) is 0 Å². The van der Waals surface area contributed by atoms with Crippen molar-refractivity contribution in [2.24, 2.45) is 17.8 Å². The topological polar surface area (TPSA) is 94.6 Å². The summed E-state index contributed by atoms with van der Waals surface area (Å²) in [6.07, 6.45) is 0.433. The van der Waals surface area contributed by atoms with Crippen LogP contribution in [0.25, 0.3) is 0 Å². The van der Waals surface area contributed by atoms with Crippen LogP contribution in [0.15, 0.2) is 11.6 Å². The fourth-order valence-electron chi connectivity index (χ4n) is 4.74. The first-order valence-corrected chi connectivity index (χ1v) is 9.31. The van der Waals surface area contributed by atoms with Crippen molar-refractivity contribution in [3.63, 3.8) is 0 Å². The molecule has 0 saturated carbocycles. The second kappa shape index (κ2) is 6.04. The summed E-state index contributed by atoms with van der Waals surface area (Å²) in [6.45, 7) is 7.32. The maximum Gasteiger partial charge on any atom is 0.338 e. The zero-order chi connectivity index (χ0) is 18.8. The van der Waals surface area contributed by atoms with Gasteiger partial charge in [-0.3, -0.25) is 4.79 Å². The first-order valence-electron chi connectivity index (χ1n) is 9.31. The maximum absolute atomic E-state index is 12.5. The van der Waals surface area contributed by atoms with Gasteiger partial charge in [-0.25, -0.2) is 4.79 Å². The Balaban J connectivity index is 1.72. The van der Waals surface area contributed by atoms with Crippen molar-refractivity contribution < 1.29 is 33.6 Å². The highest BCUT2D eigenvalue weighted by Gasteiger charge is 2.59. The molecule has 26 heavy (non-hydrogen) atoms. The summed E-state index contributed by atoms with van der Waals surface area (Å²) in [4.78, 5) is 24.0. The molecule has 4 rings (SSSR count). The molecular weight excluding hydrogens is 340 g/mol. The highest BCUT2D eigenvalue weighted by Crippen LogP contribution is 2.50. The lowest BCUT2D eigenvalue weighted by molar-refractivity contribution is -0.242. The molecule has 0 amide bonds. The molecule has 0 radical (unpaired) electrons. The summed E-state index contributed by atoms with van der Waals surface area (Å²) in [6, 6.07) is 0. The van der Waals surface area contributed by atoms with E-state index in [4.69, 9.17) is 18.9 Å². The van der Waals surface area contributed by atoms with Crippen LogP contribution in [0.2, 0.25) is 0 Å². The predicted octanol–water partition coefficient (Wildman–Crippen LogP) is 1.33. The summed E-state index contributed by atoms with van der Waals surface area (Å²) in [5.74, 6) is -0.966. The second-order valence-electron chi connectivity index (χ2n) is 8.31. The van der Waals surface area contributed by atoms with Gasteiger partial charge in [-0.15, -0.1) is 0 Å². The van der Waals surface area contributed by atoms with Gasteiger partial charge in [0.05, 0.1) is 23.4 Å². The van der Waals surface area contributed by atoms with Gasteiger partial charge in [0.1, 0.15) is 12.2 Å². The summed E-state index contributed by atoms with van der Waals surface area (Å²) in [7, 11) is 0. The molecule has 7 heteroatoms. The van der Waals surface area contributed by atoms with E-state index in [0.29, 0.717) is 18.4 Å². The minimum Gasteiger partial charge on any atom is -0.457 e. The van der Waals surface area contributed by atoms with E-state index in [1.54, 1.807) is 6.08 Å². The van der Waals surface area contributed by atoms with E-state index in [-0.39, 0.29) is 30.0 Å². The van der Waals surface area contributed by atoms with Crippen LogP contribution in [-0.4, -0.2) is 53.4 Å². The molecule has 3 heterocycles. The Kier molecular flexibility index (Phi) is 4.17. The monoisotopic (exact) mass is 366 g/mol. The third kappa shape index (κ3) is 2.86. The minimum atomic E-state index is -0.843. The summed E-state index contributed by atoms with van der Waals surface area (Å²) >= 11 is 0. The Morgan fingerprint density at radius 3 is 2.77 bits per heavy atom. The third-order valence-corrected chi connectivity index (χ3v) is 6.56. The van der Waals surface area contributed by atoms with Crippen LogP contribution in [0, 0.1) is 17.8 Å². The smallest absolute Gasteiger partial charge is 0.338 e. The normalized spacial score (nSPS) is 50.0. The molecule has 1 N–H and O–H groups in total. The number of aliphatic hydroxyl groups is 1. The SMILES string of the molecule is CC(=O)O[C@H]1CC2O[C@@]2(C)CC2OC(O)C(C)C(C)C2C2C=C1C(=O)O2. The average molecular weight is 366 g/mol. The molecule has 3 aliphatic heterocycles. The van der Waals surface area contributed by atoms with Gasteiger partial charge in [-0.05, 0) is 18.9 Å². The number of fused-ring (bicyclic) bond motifs is 4. The maximum atomic E-state index is 12.5. The van der Waals surface area contributed by atoms with Gasteiger partial charge < -0.3 is 24.1 Å². The van der Waals surface area contributed by atoms with E-state index in [1.807, 2.05) is 13.8 Å². The Morgan fingerprint density at radius 2 is 2.08 bits per heavy atom. The lowest BCUT2D eigenvalue weighted by Gasteiger charge is -2.45. The molecule has 1 aliphatic carbocycles. The number of hydrogen-bond donors (Lipinski definition) is 1. The van der Waals surface area contributed by atoms with Gasteiger partial charge in [0, 0.05) is 31.6 Å². The number of rotatable bonds is 1. The number of epoxide rings is 1. The zero-order valence-corrected chi connectivity index (χ0v) is 15.5. The van der Waals surface area contributed by atoms with E-state index in [9.17, 15) is 14.7 Å². The highest BCUT2D eigenvalue weighted by atomic mass is 16.6. The number of ether oxygens (including phenoxy) is 4. The van der Waals surface area contributed by atoms with E-state index in [2.05, 4.69) is 6.92 Å². The molecule has 0 spiro atoms. The largest absolute Gasteiger partial charge is 0.457 e. The Labute approximate surface area is 152 Å². The zero-order valence-electron chi connectivity index (χ0n) is 15.5. The van der Waals surface area contributed by atoms with Gasteiger partial charge in [-0.2, -0.15) is 0 Å². The van der Waals surface area contributed by atoms with Gasteiger partial charge in [0.2, 0.25) is 0 Å². The molecular formula is C19H26O7. The molecule has 0 aromatic carbocycles. The molecule has 0 aromatic rings. The minimum absolute atomic E-state index is 0.0802. The Morgan fingerprint density at radius 1 is 1.35 bits per heavy atom. The van der Waals surface area contributed by atoms with Crippen molar-refractivity contribution in [2.45, 2.75) is 76.8 Å². The first kappa shape index (κ1) is 17.9. The van der Waals surface area contributed by atoms with E-state index in [0.717, 1.165) is 0 Å². The standard InChI is InChI=1S/C19H26O7/c1-8-9(2)17(21)25-14-7-19(4)15(26-19)6-12(23-10(3)20)11-5-13(16(8)14)24-18(11)22/h5,8-9,12-17,21H,6-7H2,1-4H3/t8?,9?,12-,13?,14?,15?,16?,17?,19-/m0/s1. The van der Waals surface area contributed by atoms with Crippen LogP contribution in [-0.2, 0) is 28.5 Å². The lowest BCUT2D eigenvalue weighted by Crippen LogP contribution is -2.51. The molecule has 2 bridgehead atoms. The fourth-order valence-corrected chi connectivity index (χ4v) is 4.74. The van der Waals surface area contributed by atoms with Crippen LogP contribution in [0.1, 0.15) is 40.5 Å². The van der Waals surface area contributed by atoms with Crippen molar-refractivity contribution in [2.75, 3.05) is 0 Å². The van der Waals surface area contributed by atoms with Crippen LogP contribution < -0.4 is 0 Å². The molecule has 144 valence electrons. The predicted molar refractivity (Wildman–Crippen MR) is 88.7 cm³/mol. The summed E-state index contributed by atoms with van der Waals surface area (Å²) in [5.41, 5.74) is -0.0310. The summed E-state index contributed by atoms with van der Waals surface area (Å²) < 4.78 is 22.9. The summed E-state index contributed by atoms with van der Waals surface area (Å²) in [5, 5.41) is 10.3. The van der Waals surface area contributed by atoms with Crippen LogP contribution >= 0.6 is 0 Å². The number of carbonyl (C=O) groups is 2. The van der Waals surface area contributed by atoms with Crippen molar-refractivity contribution in [3.05, 3.63) is 11.6 Å². The number of esters is 2. The number of hydrogen-bond acceptors (Lipinski definition) is 7. The Hall–Kier alpha value is -1.44. The third-order valence-electron chi connectivity index (χ3n) is 6.56. The van der Waals surface area contributed by atoms with Crippen molar-refractivity contribution in [1.29, 1.82) is 0 Å². The van der Waals surface area contributed by atoms with Crippen LogP contribution in [0.4, 0.5) is 0 Å². The molecule has 2 fully saturated rings. The number of carbonyl (C=O) groups excluding carboxylic acids is 2. The molecule has 4 aliphatic rings. The van der Waals surface area contributed by atoms with E-state index >= 15 is 0 Å². The molecule has 2 saturated heterocycles. The van der Waals surface area contributed by atoms with Gasteiger partial charge in [0.15, 0.2) is 6.29 Å². The molecule has 7 unspecified atom stereocenters. The number of aliphatic hydroxyl groups excluding tert-OH is 1. The van der Waals surface area contributed by atoms with Crippen molar-refractivity contribution in [1.82, 2.24) is 0 Å². The molecule has 0 aromatic heterocycles. The quantitative estimate of drug-likeness (QED) is 0.552. The van der Waals surface area contributed by atoms with Gasteiger partial charge >= 0.3 is 11.9 Å². The van der Waals surface area contributed by atoms with E-state index < -0.39 is 36.0 Å². The van der Waals surface area contributed by atoms with Gasteiger partial charge in [-0.1, -0.05) is 13.8 Å². The Bertz CT molecular complexity index is 658. The van der Waals surface area contributed by atoms with E-state index in [1.165, 1.54) is 6.92 Å². The van der Waals surface area contributed by atoms with Crippen molar-refractivity contribution >= 4 is 11.9 Å². The molecule has 7 nitrogen and oxygen atoms in total.